The summed E-state index contributed by atoms with van der Waals surface area (Å²) in [6.07, 6.45) is 5.87. The van der Waals surface area contributed by atoms with Gasteiger partial charge in [0.25, 0.3) is 5.91 Å². The molecule has 0 spiro atoms. The van der Waals surface area contributed by atoms with Crippen LogP contribution in [0.1, 0.15) is 22.3 Å². The molecule has 0 radical (unpaired) electrons. The molecule has 0 unspecified atom stereocenters. The van der Waals surface area contributed by atoms with Crippen LogP contribution in [0.2, 0.25) is 0 Å². The van der Waals surface area contributed by atoms with Crippen molar-refractivity contribution in [2.24, 2.45) is 0 Å². The van der Waals surface area contributed by atoms with Crippen LogP contribution in [-0.2, 0) is 6.54 Å². The molecule has 1 aromatic rings. The lowest BCUT2D eigenvalue weighted by Crippen LogP contribution is -2.18. The quantitative estimate of drug-likeness (QED) is 0.573. The van der Waals surface area contributed by atoms with Gasteiger partial charge in [-0.1, -0.05) is 12.1 Å². The van der Waals surface area contributed by atoms with E-state index in [-0.39, 0.29) is 5.91 Å². The van der Waals surface area contributed by atoms with Crippen molar-refractivity contribution in [3.8, 4) is 12.3 Å². The van der Waals surface area contributed by atoms with Crippen LogP contribution in [-0.4, -0.2) is 19.5 Å². The minimum absolute atomic E-state index is 0.0631. The van der Waals surface area contributed by atoms with E-state index >= 15 is 0 Å². The minimum atomic E-state index is -0.0631. The van der Waals surface area contributed by atoms with Gasteiger partial charge in [-0.05, 0) is 17.7 Å². The Morgan fingerprint density at radius 3 is 2.62 bits per heavy atom. The molecule has 84 valence electrons. The number of terminal acetylenes is 1. The van der Waals surface area contributed by atoms with Crippen LogP contribution in [0.3, 0.4) is 0 Å². The summed E-state index contributed by atoms with van der Waals surface area (Å²) in [5, 5.41) is 5.81. The topological polar surface area (TPSA) is 41.1 Å². The lowest BCUT2D eigenvalue weighted by Gasteiger charge is -2.04. The van der Waals surface area contributed by atoms with Crippen LogP contribution in [0.5, 0.6) is 0 Å². The number of carbonyl (C=O) groups is 1. The van der Waals surface area contributed by atoms with E-state index < -0.39 is 0 Å². The molecule has 1 aromatic carbocycles. The molecule has 3 nitrogen and oxygen atoms in total. The smallest absolute Gasteiger partial charge is 0.251 e. The number of rotatable bonds is 5. The Morgan fingerprint density at radius 2 is 2.06 bits per heavy atom. The summed E-state index contributed by atoms with van der Waals surface area (Å²) in [5.41, 5.74) is 1.82. The van der Waals surface area contributed by atoms with Crippen LogP contribution in [0.4, 0.5) is 0 Å². The number of hydrogen-bond acceptors (Lipinski definition) is 2. The maximum Gasteiger partial charge on any atom is 0.251 e. The van der Waals surface area contributed by atoms with Gasteiger partial charge in [-0.25, -0.2) is 0 Å². The Bertz CT molecular complexity index is 376. The first-order valence-electron chi connectivity index (χ1n) is 5.23. The van der Waals surface area contributed by atoms with Crippen molar-refractivity contribution in [3.05, 3.63) is 35.4 Å². The normalized spacial score (nSPS) is 9.50. The Morgan fingerprint density at radius 1 is 1.38 bits per heavy atom. The molecule has 3 heteroatoms. The molecule has 0 aliphatic rings. The number of hydrogen-bond donors (Lipinski definition) is 2. The van der Waals surface area contributed by atoms with Crippen molar-refractivity contribution in [1.82, 2.24) is 10.6 Å². The van der Waals surface area contributed by atoms with Gasteiger partial charge < -0.3 is 10.6 Å². The van der Waals surface area contributed by atoms with E-state index in [0.717, 1.165) is 25.1 Å². The molecule has 0 aromatic heterocycles. The van der Waals surface area contributed by atoms with Crippen LogP contribution >= 0.6 is 0 Å². The Labute approximate surface area is 96.2 Å². The monoisotopic (exact) mass is 216 g/mol. The van der Waals surface area contributed by atoms with E-state index in [0.29, 0.717) is 5.56 Å². The standard InChI is InChI=1S/C13H16N2O/c1-3-4-9-15-10-11-5-7-12(8-6-11)13(16)14-2/h1,5-8,15H,4,9-10H2,2H3,(H,14,16). The maximum atomic E-state index is 11.3. The van der Waals surface area contributed by atoms with Crippen molar-refractivity contribution in [2.45, 2.75) is 13.0 Å². The molecule has 0 bridgehead atoms. The highest BCUT2D eigenvalue weighted by atomic mass is 16.1. The van der Waals surface area contributed by atoms with Gasteiger partial charge in [-0.3, -0.25) is 4.79 Å². The van der Waals surface area contributed by atoms with Gasteiger partial charge >= 0.3 is 0 Å². The second-order valence-electron chi connectivity index (χ2n) is 3.41. The number of nitrogens with one attached hydrogen (secondary N) is 2. The molecule has 0 aliphatic carbocycles. The predicted octanol–water partition coefficient (Wildman–Crippen LogP) is 1.16. The molecule has 0 saturated heterocycles. The number of benzene rings is 1. The SMILES string of the molecule is C#CCCNCc1ccc(C(=O)NC)cc1. The third kappa shape index (κ3) is 3.76. The summed E-state index contributed by atoms with van der Waals surface area (Å²) >= 11 is 0. The van der Waals surface area contributed by atoms with Crippen molar-refractivity contribution in [3.63, 3.8) is 0 Å². The van der Waals surface area contributed by atoms with Crippen LogP contribution in [0.15, 0.2) is 24.3 Å². The Balaban J connectivity index is 2.46. The Kier molecular flexibility index (Phi) is 5.10. The summed E-state index contributed by atoms with van der Waals surface area (Å²) in [7, 11) is 1.62. The molecule has 2 N–H and O–H groups in total. The number of carbonyl (C=O) groups excluding carboxylic acids is 1. The fourth-order valence-corrected chi connectivity index (χ4v) is 1.31. The maximum absolute atomic E-state index is 11.3. The average Bonchev–Trinajstić information content (AvgIpc) is 2.34. The Hall–Kier alpha value is -1.79. The third-order valence-electron chi connectivity index (χ3n) is 2.22. The molecule has 0 aliphatic heterocycles. The largest absolute Gasteiger partial charge is 0.355 e. The predicted molar refractivity (Wildman–Crippen MR) is 65.0 cm³/mol. The molecule has 0 atom stereocenters. The van der Waals surface area contributed by atoms with Crippen molar-refractivity contribution in [2.75, 3.05) is 13.6 Å². The van der Waals surface area contributed by atoms with Gasteiger partial charge in [-0.2, -0.15) is 0 Å². The van der Waals surface area contributed by atoms with E-state index in [9.17, 15) is 4.79 Å². The molecule has 0 saturated carbocycles. The van der Waals surface area contributed by atoms with E-state index in [1.54, 1.807) is 7.05 Å². The van der Waals surface area contributed by atoms with Crippen LogP contribution in [0, 0.1) is 12.3 Å². The zero-order valence-corrected chi connectivity index (χ0v) is 9.42. The van der Waals surface area contributed by atoms with Gasteiger partial charge in [0.2, 0.25) is 0 Å². The summed E-state index contributed by atoms with van der Waals surface area (Å²) in [6.45, 7) is 1.59. The lowest BCUT2D eigenvalue weighted by molar-refractivity contribution is 0.0963. The molecule has 0 heterocycles. The van der Waals surface area contributed by atoms with E-state index in [1.807, 2.05) is 24.3 Å². The highest BCUT2D eigenvalue weighted by Crippen LogP contribution is 2.04. The van der Waals surface area contributed by atoms with Gasteiger partial charge in [0, 0.05) is 32.1 Å². The zero-order valence-electron chi connectivity index (χ0n) is 9.42. The zero-order chi connectivity index (χ0) is 11.8. The molecule has 1 rings (SSSR count). The molecule has 0 fully saturated rings. The molecule has 1 amide bonds. The highest BCUT2D eigenvalue weighted by Gasteiger charge is 2.01. The summed E-state index contributed by atoms with van der Waals surface area (Å²) in [5.74, 6) is 2.51. The fraction of sp³-hybridized carbons (Fsp3) is 0.308. The second kappa shape index (κ2) is 6.65. The minimum Gasteiger partial charge on any atom is -0.355 e. The average molecular weight is 216 g/mol. The first kappa shape index (κ1) is 12.3. The molecular weight excluding hydrogens is 200 g/mol. The van der Waals surface area contributed by atoms with Gasteiger partial charge in [0.15, 0.2) is 0 Å². The highest BCUT2D eigenvalue weighted by molar-refractivity contribution is 5.93. The lowest BCUT2D eigenvalue weighted by atomic mass is 10.1. The summed E-state index contributed by atoms with van der Waals surface area (Å²) in [4.78, 5) is 11.3. The van der Waals surface area contributed by atoms with Gasteiger partial charge in [0.1, 0.15) is 0 Å². The molecule has 16 heavy (non-hydrogen) atoms. The summed E-state index contributed by atoms with van der Waals surface area (Å²) < 4.78 is 0. The van der Waals surface area contributed by atoms with Crippen LogP contribution in [0.25, 0.3) is 0 Å². The molecular formula is C13H16N2O. The number of amides is 1. The summed E-state index contributed by atoms with van der Waals surface area (Å²) in [6, 6.07) is 7.51. The van der Waals surface area contributed by atoms with E-state index in [2.05, 4.69) is 16.6 Å². The fourth-order valence-electron chi connectivity index (χ4n) is 1.31. The third-order valence-corrected chi connectivity index (χ3v) is 2.22. The van der Waals surface area contributed by atoms with Gasteiger partial charge in [0.05, 0.1) is 0 Å². The van der Waals surface area contributed by atoms with E-state index in [4.69, 9.17) is 6.42 Å². The van der Waals surface area contributed by atoms with Crippen molar-refractivity contribution in [1.29, 1.82) is 0 Å². The first-order valence-corrected chi connectivity index (χ1v) is 5.23. The van der Waals surface area contributed by atoms with E-state index in [1.165, 1.54) is 0 Å². The van der Waals surface area contributed by atoms with Crippen LogP contribution < -0.4 is 10.6 Å². The first-order chi connectivity index (χ1) is 7.77. The second-order valence-corrected chi connectivity index (χ2v) is 3.41. The van der Waals surface area contributed by atoms with Crippen molar-refractivity contribution < 1.29 is 4.79 Å². The van der Waals surface area contributed by atoms with Gasteiger partial charge in [-0.15, -0.1) is 12.3 Å². The van der Waals surface area contributed by atoms with Crippen molar-refractivity contribution >= 4 is 5.91 Å².